The highest BCUT2D eigenvalue weighted by Crippen LogP contribution is 2.17. The van der Waals surface area contributed by atoms with Gasteiger partial charge in [0.05, 0.1) is 6.20 Å². The largest absolute Gasteiger partial charge is 0.491 e. The Morgan fingerprint density at radius 3 is 2.71 bits per heavy atom. The van der Waals surface area contributed by atoms with Gasteiger partial charge < -0.3 is 9.84 Å². The summed E-state index contributed by atoms with van der Waals surface area (Å²) in [6.07, 6.45) is 1.50. The molecule has 1 heterocycles. The van der Waals surface area contributed by atoms with Crippen molar-refractivity contribution in [3.05, 3.63) is 60.2 Å². The molecule has 0 fully saturated rings. The van der Waals surface area contributed by atoms with Crippen LogP contribution in [0.1, 0.15) is 11.7 Å². The Balaban J connectivity index is 1.99. The summed E-state index contributed by atoms with van der Waals surface area (Å²) in [4.78, 5) is 3.62. The van der Waals surface area contributed by atoms with Gasteiger partial charge in [-0.25, -0.2) is 4.39 Å². The molecule has 0 radical (unpaired) electrons. The second-order valence-electron chi connectivity index (χ2n) is 3.54. The number of halogens is 1. The van der Waals surface area contributed by atoms with Crippen molar-refractivity contribution in [3.8, 4) is 5.75 Å². The molecule has 4 heteroatoms. The molecule has 0 aliphatic heterocycles. The van der Waals surface area contributed by atoms with Gasteiger partial charge in [-0.2, -0.15) is 0 Å². The number of hydrogen-bond donors (Lipinski definition) is 1. The molecule has 0 spiro atoms. The number of nitrogens with zero attached hydrogens (tertiary/aromatic N) is 1. The lowest BCUT2D eigenvalue weighted by Gasteiger charge is -2.12. The van der Waals surface area contributed by atoms with Crippen LogP contribution >= 0.6 is 0 Å². The quantitative estimate of drug-likeness (QED) is 0.881. The monoisotopic (exact) mass is 233 g/mol. The summed E-state index contributed by atoms with van der Waals surface area (Å²) in [5, 5.41) is 9.77. The minimum atomic E-state index is -1.00. The maximum Gasteiger partial charge on any atom is 0.147 e. The van der Waals surface area contributed by atoms with Crippen LogP contribution in [0, 0.1) is 5.82 Å². The lowest BCUT2D eigenvalue weighted by molar-refractivity contribution is 0.105. The molecule has 1 aromatic carbocycles. The third-order valence-electron chi connectivity index (χ3n) is 2.31. The average Bonchev–Trinajstić information content (AvgIpc) is 2.38. The average molecular weight is 233 g/mol. The third kappa shape index (κ3) is 3.01. The summed E-state index contributed by atoms with van der Waals surface area (Å²) in [6.45, 7) is 0.00491. The van der Waals surface area contributed by atoms with E-state index in [0.29, 0.717) is 5.75 Å². The Kier molecular flexibility index (Phi) is 3.67. The highest BCUT2D eigenvalue weighted by molar-refractivity contribution is 5.21. The molecule has 0 aliphatic rings. The van der Waals surface area contributed by atoms with E-state index < -0.39 is 11.9 Å². The molecule has 17 heavy (non-hydrogen) atoms. The van der Waals surface area contributed by atoms with Crippen molar-refractivity contribution < 1.29 is 14.2 Å². The van der Waals surface area contributed by atoms with Gasteiger partial charge in [0.15, 0.2) is 0 Å². The molecule has 3 nitrogen and oxygen atoms in total. The zero-order valence-electron chi connectivity index (χ0n) is 9.08. The van der Waals surface area contributed by atoms with Gasteiger partial charge in [-0.1, -0.05) is 18.2 Å². The van der Waals surface area contributed by atoms with Gasteiger partial charge >= 0.3 is 0 Å². The van der Waals surface area contributed by atoms with Gasteiger partial charge in [0.25, 0.3) is 0 Å². The summed E-state index contributed by atoms with van der Waals surface area (Å²) in [6, 6.07) is 10.5. The van der Waals surface area contributed by atoms with Gasteiger partial charge in [0.1, 0.15) is 24.3 Å². The standard InChI is InChI=1S/C13H12FNO2/c14-12-8-15-7-6-11(12)13(16)9-17-10-4-2-1-3-5-10/h1-8,13,16H,9H2. The number of pyridine rings is 1. The lowest BCUT2D eigenvalue weighted by atomic mass is 10.1. The molecule has 0 saturated heterocycles. The van der Waals surface area contributed by atoms with E-state index in [-0.39, 0.29) is 12.2 Å². The first kappa shape index (κ1) is 11.5. The maximum absolute atomic E-state index is 13.3. The fraction of sp³-hybridized carbons (Fsp3) is 0.154. The Morgan fingerprint density at radius 2 is 2.00 bits per heavy atom. The van der Waals surface area contributed by atoms with Crippen LogP contribution in [0.4, 0.5) is 4.39 Å². The Hall–Kier alpha value is -1.94. The Morgan fingerprint density at radius 1 is 1.24 bits per heavy atom. The first-order valence-electron chi connectivity index (χ1n) is 5.22. The topological polar surface area (TPSA) is 42.4 Å². The predicted molar refractivity (Wildman–Crippen MR) is 61.1 cm³/mol. The van der Waals surface area contributed by atoms with Crippen molar-refractivity contribution in [2.75, 3.05) is 6.61 Å². The van der Waals surface area contributed by atoms with Gasteiger partial charge in [0, 0.05) is 11.8 Å². The molecule has 2 rings (SSSR count). The number of hydrogen-bond acceptors (Lipinski definition) is 3. The van der Waals surface area contributed by atoms with E-state index >= 15 is 0 Å². The lowest BCUT2D eigenvalue weighted by Crippen LogP contribution is -2.11. The van der Waals surface area contributed by atoms with Crippen LogP contribution in [0.15, 0.2) is 48.8 Å². The third-order valence-corrected chi connectivity index (χ3v) is 2.31. The second kappa shape index (κ2) is 5.41. The van der Waals surface area contributed by atoms with E-state index in [1.807, 2.05) is 18.2 Å². The number of para-hydroxylation sites is 1. The number of rotatable bonds is 4. The smallest absolute Gasteiger partial charge is 0.147 e. The number of benzene rings is 1. The first-order chi connectivity index (χ1) is 8.27. The minimum absolute atomic E-state index is 0.00491. The Labute approximate surface area is 98.5 Å². The number of aliphatic hydroxyl groups excluding tert-OH is 1. The molecule has 1 aromatic heterocycles. The summed E-state index contributed by atoms with van der Waals surface area (Å²) in [5.74, 6) is 0.109. The van der Waals surface area contributed by atoms with E-state index in [1.54, 1.807) is 12.1 Å². The highest BCUT2D eigenvalue weighted by Gasteiger charge is 2.13. The number of aromatic nitrogens is 1. The highest BCUT2D eigenvalue weighted by atomic mass is 19.1. The van der Waals surface area contributed by atoms with Crippen molar-refractivity contribution in [2.45, 2.75) is 6.10 Å². The molecule has 0 saturated carbocycles. The van der Waals surface area contributed by atoms with Crippen molar-refractivity contribution in [1.82, 2.24) is 4.98 Å². The van der Waals surface area contributed by atoms with E-state index in [2.05, 4.69) is 4.98 Å². The summed E-state index contributed by atoms with van der Waals surface area (Å²) in [7, 11) is 0. The van der Waals surface area contributed by atoms with E-state index in [9.17, 15) is 9.50 Å². The van der Waals surface area contributed by atoms with Crippen LogP contribution < -0.4 is 4.74 Å². The zero-order chi connectivity index (χ0) is 12.1. The molecule has 1 unspecified atom stereocenters. The fourth-order valence-corrected chi connectivity index (χ4v) is 1.44. The second-order valence-corrected chi connectivity index (χ2v) is 3.54. The van der Waals surface area contributed by atoms with Crippen LogP contribution in [-0.4, -0.2) is 16.7 Å². The summed E-state index contributed by atoms with van der Waals surface area (Å²) >= 11 is 0. The van der Waals surface area contributed by atoms with Crippen LogP contribution in [0.25, 0.3) is 0 Å². The van der Waals surface area contributed by atoms with Crippen LogP contribution in [0.3, 0.4) is 0 Å². The molecule has 0 bridgehead atoms. The minimum Gasteiger partial charge on any atom is -0.491 e. The summed E-state index contributed by atoms with van der Waals surface area (Å²) in [5.41, 5.74) is 0.191. The molecule has 0 aliphatic carbocycles. The molecule has 1 atom stereocenters. The van der Waals surface area contributed by atoms with E-state index in [1.165, 1.54) is 12.3 Å². The molecule has 88 valence electrons. The normalized spacial score (nSPS) is 12.1. The predicted octanol–water partition coefficient (Wildman–Crippen LogP) is 2.33. The molecule has 2 aromatic rings. The molecule has 1 N–H and O–H groups in total. The first-order valence-corrected chi connectivity index (χ1v) is 5.22. The van der Waals surface area contributed by atoms with Crippen LogP contribution in [-0.2, 0) is 0 Å². The van der Waals surface area contributed by atoms with Gasteiger partial charge in [-0.3, -0.25) is 4.98 Å². The molecule has 0 amide bonds. The number of aliphatic hydroxyl groups is 1. The van der Waals surface area contributed by atoms with E-state index in [4.69, 9.17) is 4.74 Å². The van der Waals surface area contributed by atoms with Crippen molar-refractivity contribution in [3.63, 3.8) is 0 Å². The fourth-order valence-electron chi connectivity index (χ4n) is 1.44. The van der Waals surface area contributed by atoms with Gasteiger partial charge in [-0.05, 0) is 18.2 Å². The Bertz CT molecular complexity index is 476. The molecular formula is C13H12FNO2. The SMILES string of the molecule is OC(COc1ccccc1)c1ccncc1F. The van der Waals surface area contributed by atoms with Crippen molar-refractivity contribution in [2.24, 2.45) is 0 Å². The van der Waals surface area contributed by atoms with Gasteiger partial charge in [0.2, 0.25) is 0 Å². The molecular weight excluding hydrogens is 221 g/mol. The van der Waals surface area contributed by atoms with Crippen LogP contribution in [0.2, 0.25) is 0 Å². The van der Waals surface area contributed by atoms with E-state index in [0.717, 1.165) is 6.20 Å². The zero-order valence-corrected chi connectivity index (χ0v) is 9.08. The number of ether oxygens (including phenoxy) is 1. The van der Waals surface area contributed by atoms with Crippen LogP contribution in [0.5, 0.6) is 5.75 Å². The van der Waals surface area contributed by atoms with Gasteiger partial charge in [-0.15, -0.1) is 0 Å². The maximum atomic E-state index is 13.3. The summed E-state index contributed by atoms with van der Waals surface area (Å²) < 4.78 is 18.6. The van der Waals surface area contributed by atoms with Crippen molar-refractivity contribution in [1.29, 1.82) is 0 Å². The van der Waals surface area contributed by atoms with Crippen molar-refractivity contribution >= 4 is 0 Å².